The molecule has 3 rings (SSSR count). The van der Waals surface area contributed by atoms with Crippen molar-refractivity contribution in [3.63, 3.8) is 0 Å². The minimum absolute atomic E-state index is 0.0932. The van der Waals surface area contributed by atoms with E-state index in [0.717, 1.165) is 16.8 Å². The number of aromatic nitrogens is 1. The van der Waals surface area contributed by atoms with E-state index in [1.54, 1.807) is 18.3 Å². The molecule has 0 saturated carbocycles. The molecule has 0 radical (unpaired) electrons. The van der Waals surface area contributed by atoms with Gasteiger partial charge in [0.05, 0.1) is 25.8 Å². The standard InChI is InChI=1S/C22H22ClN11O6/c23-13-1-2-14(19-7-27-12-39-19)15(5-13)16-6-20(37)34(8-18(16)36)17(3-4-35)21(38)40-22(9-28-31-24,10-29-32-25)11-30-33-26/h1-2,5-8,17,27,35-36H,3-4,9-12H2. The number of esters is 1. The second-order valence-corrected chi connectivity index (χ2v) is 8.74. The van der Waals surface area contributed by atoms with Crippen LogP contribution < -0.4 is 10.9 Å². The van der Waals surface area contributed by atoms with Gasteiger partial charge in [-0.3, -0.25) is 9.36 Å². The molecule has 2 aromatic rings. The van der Waals surface area contributed by atoms with Crippen LogP contribution in [0.4, 0.5) is 0 Å². The lowest BCUT2D eigenvalue weighted by Gasteiger charge is -2.31. The van der Waals surface area contributed by atoms with Crippen LogP contribution >= 0.6 is 11.6 Å². The third-order valence-electron chi connectivity index (χ3n) is 5.73. The Morgan fingerprint density at radius 2 is 1.77 bits per heavy atom. The molecule has 3 N–H and O–H groups in total. The van der Waals surface area contributed by atoms with Crippen molar-refractivity contribution in [3.05, 3.63) is 88.9 Å². The number of aliphatic hydroxyl groups is 1. The molecular weight excluding hydrogens is 550 g/mol. The molecule has 1 aromatic carbocycles. The van der Waals surface area contributed by atoms with Gasteiger partial charge in [-0.15, -0.1) is 0 Å². The van der Waals surface area contributed by atoms with Gasteiger partial charge in [0.25, 0.3) is 5.56 Å². The molecule has 0 fully saturated rings. The number of aliphatic hydroxyl groups excluding tert-OH is 1. The molecule has 1 unspecified atom stereocenters. The van der Waals surface area contributed by atoms with E-state index in [0.29, 0.717) is 21.9 Å². The van der Waals surface area contributed by atoms with Crippen molar-refractivity contribution >= 4 is 23.3 Å². The summed E-state index contributed by atoms with van der Waals surface area (Å²) in [7, 11) is 0. The molecule has 2 heterocycles. The Balaban J connectivity index is 2.06. The number of nitrogens with zero attached hydrogens (tertiary/aromatic N) is 10. The molecule has 0 saturated heterocycles. The van der Waals surface area contributed by atoms with E-state index in [9.17, 15) is 19.8 Å². The number of halogens is 1. The second kappa shape index (κ2) is 13.7. The van der Waals surface area contributed by atoms with Crippen LogP contribution in [0.15, 0.2) is 56.8 Å². The zero-order valence-corrected chi connectivity index (χ0v) is 21.4. The molecule has 0 aliphatic carbocycles. The summed E-state index contributed by atoms with van der Waals surface area (Å²) in [6, 6.07) is 4.41. The fraction of sp³-hybridized carbons (Fsp3) is 0.364. The summed E-state index contributed by atoms with van der Waals surface area (Å²) in [6.07, 6.45) is 2.29. The maximum Gasteiger partial charge on any atom is 0.329 e. The van der Waals surface area contributed by atoms with Gasteiger partial charge in [0, 0.05) is 56.2 Å². The molecule has 40 heavy (non-hydrogen) atoms. The number of pyridine rings is 1. The molecule has 1 aromatic heterocycles. The van der Waals surface area contributed by atoms with Crippen molar-refractivity contribution in [1.29, 1.82) is 0 Å². The summed E-state index contributed by atoms with van der Waals surface area (Å²) < 4.78 is 11.9. The second-order valence-electron chi connectivity index (χ2n) is 8.31. The van der Waals surface area contributed by atoms with Crippen molar-refractivity contribution in [2.75, 3.05) is 33.0 Å². The fourth-order valence-electron chi connectivity index (χ4n) is 3.90. The summed E-state index contributed by atoms with van der Waals surface area (Å²) >= 11 is 6.18. The quantitative estimate of drug-likeness (QED) is 0.138. The van der Waals surface area contributed by atoms with Crippen molar-refractivity contribution in [2.24, 2.45) is 15.3 Å². The average molecular weight is 572 g/mol. The molecule has 18 heteroatoms. The number of carbonyl (C=O) groups excluding carboxylic acids is 1. The summed E-state index contributed by atoms with van der Waals surface area (Å²) in [5, 5.41) is 33.9. The number of carbonyl (C=O) groups is 1. The third-order valence-corrected chi connectivity index (χ3v) is 5.97. The molecule has 0 spiro atoms. The molecule has 1 aliphatic heterocycles. The minimum Gasteiger partial charge on any atom is -0.506 e. The van der Waals surface area contributed by atoms with Crippen LogP contribution in [0.3, 0.4) is 0 Å². The first-order chi connectivity index (χ1) is 19.3. The Morgan fingerprint density at radius 1 is 1.12 bits per heavy atom. The van der Waals surface area contributed by atoms with E-state index >= 15 is 0 Å². The maximum absolute atomic E-state index is 13.3. The number of hydrogen-bond acceptors (Lipinski definition) is 10. The van der Waals surface area contributed by atoms with Crippen LogP contribution in [-0.4, -0.2) is 59.3 Å². The topological polar surface area (TPSA) is 256 Å². The van der Waals surface area contributed by atoms with E-state index in [4.69, 9.17) is 37.7 Å². The van der Waals surface area contributed by atoms with Gasteiger partial charge in [-0.25, -0.2) is 4.79 Å². The first kappa shape index (κ1) is 29.5. The van der Waals surface area contributed by atoms with Gasteiger partial charge < -0.3 is 25.0 Å². The Hall–Kier alpha value is -5.04. The Kier molecular flexibility index (Phi) is 10.1. The highest BCUT2D eigenvalue weighted by Gasteiger charge is 2.36. The monoisotopic (exact) mass is 571 g/mol. The smallest absolute Gasteiger partial charge is 0.329 e. The van der Waals surface area contributed by atoms with Crippen LogP contribution in [0.2, 0.25) is 5.02 Å². The van der Waals surface area contributed by atoms with E-state index in [-0.39, 0.29) is 18.7 Å². The number of rotatable bonds is 13. The summed E-state index contributed by atoms with van der Waals surface area (Å²) in [4.78, 5) is 34.4. The van der Waals surface area contributed by atoms with Crippen molar-refractivity contribution < 1.29 is 24.5 Å². The number of ether oxygens (including phenoxy) is 2. The zero-order valence-electron chi connectivity index (χ0n) is 20.7. The molecule has 0 amide bonds. The normalized spacial score (nSPS) is 14.1. The summed E-state index contributed by atoms with van der Waals surface area (Å²) in [5.74, 6) is -1.07. The SMILES string of the molecule is [N-]=[N+]=NCC(CN=[N+]=[N-])(CN=[N+]=[N-])OC(=O)C(CCO)n1cc(O)c(-c2cc(Cl)ccc2C2=CNCO2)cc1=O. The van der Waals surface area contributed by atoms with Crippen LogP contribution in [0.5, 0.6) is 5.75 Å². The number of aromatic hydroxyl groups is 1. The van der Waals surface area contributed by atoms with Crippen molar-refractivity contribution in [3.8, 4) is 16.9 Å². The van der Waals surface area contributed by atoms with Crippen LogP contribution in [0, 0.1) is 0 Å². The van der Waals surface area contributed by atoms with Gasteiger partial charge in [0.2, 0.25) is 0 Å². The predicted octanol–water partition coefficient (Wildman–Crippen LogP) is 3.89. The number of nitrogens with one attached hydrogen (secondary N) is 1. The molecule has 1 atom stereocenters. The third kappa shape index (κ3) is 6.88. The zero-order chi connectivity index (χ0) is 29.1. The van der Waals surface area contributed by atoms with E-state index in [1.807, 2.05) is 0 Å². The molecular formula is C22H22ClN11O6. The van der Waals surface area contributed by atoms with Crippen molar-refractivity contribution in [2.45, 2.75) is 18.1 Å². The summed E-state index contributed by atoms with van der Waals surface area (Å²) in [6.45, 7) is -2.04. The van der Waals surface area contributed by atoms with Crippen LogP contribution in [-0.2, 0) is 14.3 Å². The minimum atomic E-state index is -1.88. The lowest BCUT2D eigenvalue weighted by Crippen LogP contribution is -2.46. The van der Waals surface area contributed by atoms with E-state index in [1.165, 1.54) is 6.07 Å². The van der Waals surface area contributed by atoms with Gasteiger partial charge in [0.1, 0.15) is 23.2 Å². The van der Waals surface area contributed by atoms with Crippen molar-refractivity contribution in [1.82, 2.24) is 9.88 Å². The van der Waals surface area contributed by atoms with E-state index in [2.05, 4.69) is 35.4 Å². The first-order valence-corrected chi connectivity index (χ1v) is 11.8. The summed E-state index contributed by atoms with van der Waals surface area (Å²) in [5.41, 5.74) is 24.7. The van der Waals surface area contributed by atoms with Crippen LogP contribution in [0.1, 0.15) is 18.0 Å². The van der Waals surface area contributed by atoms with Gasteiger partial charge >= 0.3 is 5.97 Å². The Labute approximate surface area is 230 Å². The first-order valence-electron chi connectivity index (χ1n) is 11.5. The molecule has 0 bridgehead atoms. The lowest BCUT2D eigenvalue weighted by atomic mass is 9.98. The molecule has 208 valence electrons. The van der Waals surface area contributed by atoms with Gasteiger partial charge in [-0.2, -0.15) is 0 Å². The highest BCUT2D eigenvalue weighted by molar-refractivity contribution is 6.31. The Morgan fingerprint density at radius 3 is 2.33 bits per heavy atom. The lowest BCUT2D eigenvalue weighted by molar-refractivity contribution is -0.162. The van der Waals surface area contributed by atoms with Gasteiger partial charge in [0.15, 0.2) is 6.73 Å². The van der Waals surface area contributed by atoms with E-state index < -0.39 is 55.2 Å². The highest BCUT2D eigenvalue weighted by atomic mass is 35.5. The highest BCUT2D eigenvalue weighted by Crippen LogP contribution is 2.37. The number of azide groups is 3. The number of hydrogen-bond donors (Lipinski definition) is 3. The fourth-order valence-corrected chi connectivity index (χ4v) is 4.08. The molecule has 17 nitrogen and oxygen atoms in total. The van der Waals surface area contributed by atoms with Gasteiger partial charge in [-0.05, 0) is 40.4 Å². The maximum atomic E-state index is 13.3. The molecule has 1 aliphatic rings. The van der Waals surface area contributed by atoms with Crippen LogP contribution in [0.25, 0.3) is 48.2 Å². The van der Waals surface area contributed by atoms with Gasteiger partial charge in [-0.1, -0.05) is 26.9 Å². The largest absolute Gasteiger partial charge is 0.506 e. The number of benzene rings is 1. The Bertz CT molecular complexity index is 1460. The average Bonchev–Trinajstić information content (AvgIpc) is 3.48. The predicted molar refractivity (Wildman–Crippen MR) is 141 cm³/mol.